The minimum atomic E-state index is -0.455. The first-order chi connectivity index (χ1) is 11.9. The van der Waals surface area contributed by atoms with E-state index in [2.05, 4.69) is 26.1 Å². The monoisotopic (exact) mass is 385 g/mol. The first kappa shape index (κ1) is 20.0. The standard InChI is InChI=1S/C16H27N5O2S2/c1-10(2)9-17-14(23)19-13(22)11(3)24-16-21-20-15(25-16)18-12-7-5-4-6-8-12/h10-12H,4-9H2,1-3H3,(H,18,20)(H2,17,19,22,23). The zero-order valence-corrected chi connectivity index (χ0v) is 16.6. The second kappa shape index (κ2) is 9.96. The molecule has 1 aromatic rings. The number of carbonyl (C=O) groups excluding carboxylic acids is 2. The Morgan fingerprint density at radius 2 is 1.92 bits per heavy atom. The summed E-state index contributed by atoms with van der Waals surface area (Å²) >= 11 is 2.77. The molecule has 3 N–H and O–H groups in total. The molecular formula is C16H27N5O2S2. The van der Waals surface area contributed by atoms with Gasteiger partial charge in [-0.25, -0.2) is 4.79 Å². The number of hydrogen-bond acceptors (Lipinski definition) is 7. The lowest BCUT2D eigenvalue weighted by Gasteiger charge is -2.21. The summed E-state index contributed by atoms with van der Waals surface area (Å²) in [5.41, 5.74) is 0. The van der Waals surface area contributed by atoms with Crippen molar-refractivity contribution < 1.29 is 9.59 Å². The minimum absolute atomic E-state index is 0.330. The van der Waals surface area contributed by atoms with Crippen molar-refractivity contribution in [2.24, 2.45) is 5.92 Å². The Bertz CT molecular complexity index is 573. The molecule has 1 heterocycles. The maximum atomic E-state index is 12.1. The summed E-state index contributed by atoms with van der Waals surface area (Å²) in [6.45, 7) is 6.28. The van der Waals surface area contributed by atoms with Crippen molar-refractivity contribution in [1.82, 2.24) is 20.8 Å². The molecular weight excluding hydrogens is 358 g/mol. The number of anilines is 1. The first-order valence-electron chi connectivity index (χ1n) is 8.79. The number of imide groups is 1. The van der Waals surface area contributed by atoms with Gasteiger partial charge >= 0.3 is 6.03 Å². The molecule has 1 fully saturated rings. The van der Waals surface area contributed by atoms with Crippen LogP contribution in [0.25, 0.3) is 0 Å². The predicted molar refractivity (Wildman–Crippen MR) is 102 cm³/mol. The van der Waals surface area contributed by atoms with Crippen LogP contribution in [0.4, 0.5) is 9.93 Å². The van der Waals surface area contributed by atoms with Gasteiger partial charge in [0.25, 0.3) is 0 Å². The zero-order chi connectivity index (χ0) is 18.2. The summed E-state index contributed by atoms with van der Waals surface area (Å²) in [5.74, 6) is 0.00683. The predicted octanol–water partition coefficient (Wildman–Crippen LogP) is 3.25. The number of rotatable bonds is 7. The fraction of sp³-hybridized carbons (Fsp3) is 0.750. The topological polar surface area (TPSA) is 96.0 Å². The van der Waals surface area contributed by atoms with Crippen molar-refractivity contribution in [3.05, 3.63) is 0 Å². The third-order valence-electron chi connectivity index (χ3n) is 3.89. The SMILES string of the molecule is CC(C)CNC(=O)NC(=O)C(C)Sc1nnc(NC2CCCCC2)s1. The lowest BCUT2D eigenvalue weighted by molar-refractivity contribution is -0.119. The maximum absolute atomic E-state index is 12.1. The average Bonchev–Trinajstić information content (AvgIpc) is 3.00. The Balaban J connectivity index is 1.76. The van der Waals surface area contributed by atoms with Crippen molar-refractivity contribution in [3.63, 3.8) is 0 Å². The largest absolute Gasteiger partial charge is 0.357 e. The van der Waals surface area contributed by atoms with Crippen molar-refractivity contribution in [2.45, 2.75) is 68.5 Å². The lowest BCUT2D eigenvalue weighted by atomic mass is 9.96. The zero-order valence-electron chi connectivity index (χ0n) is 15.0. The molecule has 1 aliphatic rings. The van der Waals surface area contributed by atoms with Gasteiger partial charge in [0.2, 0.25) is 11.0 Å². The van der Waals surface area contributed by atoms with Crippen molar-refractivity contribution in [1.29, 1.82) is 0 Å². The summed E-state index contributed by atoms with van der Waals surface area (Å²) in [5, 5.41) is 17.1. The molecule has 0 saturated heterocycles. The summed E-state index contributed by atoms with van der Waals surface area (Å²) in [7, 11) is 0. The van der Waals surface area contributed by atoms with Crippen molar-refractivity contribution in [3.8, 4) is 0 Å². The summed E-state index contributed by atoms with van der Waals surface area (Å²) in [6.07, 6.45) is 6.17. The molecule has 2 rings (SSSR count). The molecule has 0 bridgehead atoms. The highest BCUT2D eigenvalue weighted by Gasteiger charge is 2.20. The summed E-state index contributed by atoms with van der Waals surface area (Å²) in [6, 6.07) is 0.0213. The number of nitrogens with zero attached hydrogens (tertiary/aromatic N) is 2. The number of hydrogen-bond donors (Lipinski definition) is 3. The first-order valence-corrected chi connectivity index (χ1v) is 10.5. The van der Waals surface area contributed by atoms with Crippen LogP contribution in [0.15, 0.2) is 4.34 Å². The van der Waals surface area contributed by atoms with Gasteiger partial charge in [-0.05, 0) is 25.7 Å². The van der Waals surface area contributed by atoms with Gasteiger partial charge in [-0.2, -0.15) is 0 Å². The number of carbonyl (C=O) groups is 2. The van der Waals surface area contributed by atoms with Crippen LogP contribution in [0, 0.1) is 5.92 Å². The molecule has 1 atom stereocenters. The number of aromatic nitrogens is 2. The summed E-state index contributed by atoms with van der Waals surface area (Å²) < 4.78 is 0.726. The Hall–Kier alpha value is -1.35. The third kappa shape index (κ3) is 7.19. The smallest absolute Gasteiger partial charge is 0.321 e. The van der Waals surface area contributed by atoms with Crippen LogP contribution >= 0.6 is 23.1 Å². The second-order valence-corrected chi connectivity index (χ2v) is 9.27. The molecule has 1 saturated carbocycles. The molecule has 0 aliphatic heterocycles. The Labute approximate surface area is 157 Å². The summed E-state index contributed by atoms with van der Waals surface area (Å²) in [4.78, 5) is 23.7. The van der Waals surface area contributed by atoms with Crippen molar-refractivity contribution in [2.75, 3.05) is 11.9 Å². The normalized spacial score (nSPS) is 16.5. The van der Waals surface area contributed by atoms with E-state index in [1.54, 1.807) is 6.92 Å². The Kier molecular flexibility index (Phi) is 7.95. The van der Waals surface area contributed by atoms with E-state index in [-0.39, 0.29) is 5.91 Å². The van der Waals surface area contributed by atoms with Crippen LogP contribution in [0.3, 0.4) is 0 Å². The van der Waals surface area contributed by atoms with E-state index in [1.807, 2.05) is 13.8 Å². The van der Waals surface area contributed by atoms with Gasteiger partial charge in [0.1, 0.15) is 0 Å². The van der Waals surface area contributed by atoms with Crippen LogP contribution in [-0.4, -0.2) is 40.0 Å². The quantitative estimate of drug-likeness (QED) is 0.624. The van der Waals surface area contributed by atoms with E-state index >= 15 is 0 Å². The van der Waals surface area contributed by atoms with E-state index in [9.17, 15) is 9.59 Å². The van der Waals surface area contributed by atoms with Crippen LogP contribution in [0.5, 0.6) is 0 Å². The Morgan fingerprint density at radius 3 is 2.60 bits per heavy atom. The van der Waals surface area contributed by atoms with E-state index in [1.165, 1.54) is 55.2 Å². The molecule has 140 valence electrons. The highest BCUT2D eigenvalue weighted by molar-refractivity contribution is 8.02. The minimum Gasteiger partial charge on any atom is -0.357 e. The van der Waals surface area contributed by atoms with Gasteiger partial charge in [-0.1, -0.05) is 56.2 Å². The van der Waals surface area contributed by atoms with Gasteiger partial charge < -0.3 is 10.6 Å². The molecule has 9 heteroatoms. The van der Waals surface area contributed by atoms with Crippen LogP contribution in [-0.2, 0) is 4.79 Å². The molecule has 0 spiro atoms. The molecule has 3 amide bonds. The molecule has 7 nitrogen and oxygen atoms in total. The van der Waals surface area contributed by atoms with Crippen molar-refractivity contribution >= 4 is 40.2 Å². The highest BCUT2D eigenvalue weighted by Crippen LogP contribution is 2.30. The van der Waals surface area contributed by atoms with Gasteiger partial charge in [-0.3, -0.25) is 10.1 Å². The molecule has 1 aliphatic carbocycles. The van der Waals surface area contributed by atoms with E-state index in [4.69, 9.17) is 0 Å². The second-order valence-electron chi connectivity index (χ2n) is 6.71. The molecule has 1 unspecified atom stereocenters. The van der Waals surface area contributed by atoms with Crippen LogP contribution in [0.1, 0.15) is 52.9 Å². The molecule has 0 aromatic carbocycles. The lowest BCUT2D eigenvalue weighted by Crippen LogP contribution is -2.43. The maximum Gasteiger partial charge on any atom is 0.321 e. The van der Waals surface area contributed by atoms with E-state index in [0.29, 0.717) is 18.5 Å². The van der Waals surface area contributed by atoms with E-state index < -0.39 is 11.3 Å². The average molecular weight is 386 g/mol. The van der Waals surface area contributed by atoms with E-state index in [0.717, 1.165) is 9.47 Å². The Morgan fingerprint density at radius 1 is 1.20 bits per heavy atom. The van der Waals surface area contributed by atoms with Gasteiger partial charge in [0, 0.05) is 12.6 Å². The van der Waals surface area contributed by atoms with Crippen LogP contribution < -0.4 is 16.0 Å². The fourth-order valence-corrected chi connectivity index (χ4v) is 4.47. The van der Waals surface area contributed by atoms with Gasteiger partial charge in [0.05, 0.1) is 5.25 Å². The number of amides is 3. The molecule has 1 aromatic heterocycles. The fourth-order valence-electron chi connectivity index (χ4n) is 2.50. The number of nitrogens with one attached hydrogen (secondary N) is 3. The third-order valence-corrected chi connectivity index (χ3v) is 5.93. The molecule has 25 heavy (non-hydrogen) atoms. The number of thioether (sulfide) groups is 1. The number of urea groups is 1. The highest BCUT2D eigenvalue weighted by atomic mass is 32.2. The van der Waals surface area contributed by atoms with Gasteiger partial charge in [-0.15, -0.1) is 10.2 Å². The molecule has 0 radical (unpaired) electrons. The van der Waals surface area contributed by atoms with Crippen LogP contribution in [0.2, 0.25) is 0 Å². The van der Waals surface area contributed by atoms with Gasteiger partial charge in [0.15, 0.2) is 4.34 Å².